The molecule has 0 atom stereocenters. The van der Waals surface area contributed by atoms with Crippen molar-refractivity contribution in [3.8, 4) is 0 Å². The second-order valence-electron chi connectivity index (χ2n) is 4.78. The van der Waals surface area contributed by atoms with Gasteiger partial charge in [-0.05, 0) is 6.92 Å². The van der Waals surface area contributed by atoms with E-state index in [2.05, 4.69) is 9.97 Å². The maximum absolute atomic E-state index is 11.2. The minimum atomic E-state index is -0.329. The van der Waals surface area contributed by atoms with Crippen LogP contribution in [0.1, 0.15) is 27.9 Å². The Morgan fingerprint density at radius 1 is 1.22 bits per heavy atom. The molecule has 2 aromatic rings. The average molecular weight is 352 g/mol. The van der Waals surface area contributed by atoms with Crippen LogP contribution in [0.25, 0.3) is 0 Å². The number of aldehydes is 1. The summed E-state index contributed by atoms with van der Waals surface area (Å²) in [5, 5.41) is 1.89. The van der Waals surface area contributed by atoms with Gasteiger partial charge in [0.25, 0.3) is 0 Å². The minimum Gasteiger partial charge on any atom is -0.461 e. The van der Waals surface area contributed by atoms with Crippen LogP contribution in [0.5, 0.6) is 0 Å². The number of nitrogens with zero attached hydrogens (tertiary/aromatic N) is 4. The number of aryl methyl sites for hydroxylation is 2. The Morgan fingerprint density at radius 2 is 1.87 bits per heavy atom. The van der Waals surface area contributed by atoms with Crippen LogP contribution in [-0.4, -0.2) is 49.5 Å². The highest BCUT2D eigenvalue weighted by atomic mass is 32.2. The summed E-state index contributed by atoms with van der Waals surface area (Å²) >= 11 is 3.37. The van der Waals surface area contributed by atoms with E-state index < -0.39 is 0 Å². The molecule has 0 unspecified atom stereocenters. The molecule has 0 N–H and O–H groups in total. The number of carbonyl (C=O) groups excluding carboxylic acids is 2. The molecule has 23 heavy (non-hydrogen) atoms. The van der Waals surface area contributed by atoms with Crippen molar-refractivity contribution in [2.75, 3.05) is 18.1 Å². The smallest absolute Gasteiger partial charge is 0.358 e. The van der Waals surface area contributed by atoms with Crippen LogP contribution in [-0.2, 0) is 17.8 Å². The lowest BCUT2D eigenvalue weighted by atomic mass is 10.5. The zero-order valence-electron chi connectivity index (χ0n) is 12.6. The standard InChI is InChI=1S/C8H10N2O2S.C6H6N2OS/c1-2-12-7(11)6-5-10-3-4-13-8(10)9-6;9-4-5-3-8-1-2-10-6(8)7-5/h5H,2-4H2,1H3;3-4H,1-2H2. The normalized spacial score (nSPS) is 14.7. The number of rotatable bonds is 3. The maximum Gasteiger partial charge on any atom is 0.358 e. The summed E-state index contributed by atoms with van der Waals surface area (Å²) in [6.45, 7) is 4.11. The molecule has 0 fully saturated rings. The Balaban J connectivity index is 0.000000140. The van der Waals surface area contributed by atoms with Crippen LogP contribution < -0.4 is 0 Å². The van der Waals surface area contributed by atoms with Gasteiger partial charge in [-0.3, -0.25) is 4.79 Å². The third kappa shape index (κ3) is 3.61. The number of ether oxygens (including phenoxy) is 1. The second-order valence-corrected chi connectivity index (χ2v) is 6.90. The molecule has 2 aliphatic heterocycles. The first-order valence-corrected chi connectivity index (χ1v) is 9.20. The van der Waals surface area contributed by atoms with Crippen molar-refractivity contribution in [2.45, 2.75) is 30.3 Å². The minimum absolute atomic E-state index is 0.329. The largest absolute Gasteiger partial charge is 0.461 e. The fourth-order valence-electron chi connectivity index (χ4n) is 2.20. The zero-order valence-corrected chi connectivity index (χ0v) is 14.2. The molecule has 0 amide bonds. The Kier molecular flexibility index (Phi) is 5.06. The molecule has 4 heterocycles. The van der Waals surface area contributed by atoms with E-state index in [1.165, 1.54) is 0 Å². The molecule has 4 rings (SSSR count). The van der Waals surface area contributed by atoms with Gasteiger partial charge in [0.15, 0.2) is 22.3 Å². The number of fused-ring (bicyclic) bond motifs is 2. The van der Waals surface area contributed by atoms with Crippen LogP contribution in [0.15, 0.2) is 22.7 Å². The number of thioether (sulfide) groups is 2. The topological polar surface area (TPSA) is 79.0 Å². The van der Waals surface area contributed by atoms with Gasteiger partial charge in [-0.25, -0.2) is 14.8 Å². The Labute approximate surface area is 141 Å². The van der Waals surface area contributed by atoms with E-state index in [9.17, 15) is 9.59 Å². The van der Waals surface area contributed by atoms with Gasteiger partial charge in [0, 0.05) is 37.0 Å². The van der Waals surface area contributed by atoms with Gasteiger partial charge in [0.1, 0.15) is 5.69 Å². The van der Waals surface area contributed by atoms with Gasteiger partial charge in [0.05, 0.1) is 6.61 Å². The van der Waals surface area contributed by atoms with Crippen molar-refractivity contribution in [2.24, 2.45) is 0 Å². The van der Waals surface area contributed by atoms with Gasteiger partial charge in [-0.1, -0.05) is 23.5 Å². The lowest BCUT2D eigenvalue weighted by Gasteiger charge is -1.96. The average Bonchev–Trinajstić information content (AvgIpc) is 3.26. The Bertz CT molecular complexity index is 683. The van der Waals surface area contributed by atoms with E-state index in [4.69, 9.17) is 4.74 Å². The molecule has 0 spiro atoms. The van der Waals surface area contributed by atoms with E-state index in [0.29, 0.717) is 18.0 Å². The molecule has 2 aliphatic rings. The number of hydrogen-bond donors (Lipinski definition) is 0. The first-order chi connectivity index (χ1) is 11.2. The summed E-state index contributed by atoms with van der Waals surface area (Å²) in [5.74, 6) is 1.80. The summed E-state index contributed by atoms with van der Waals surface area (Å²) in [4.78, 5) is 29.7. The van der Waals surface area contributed by atoms with Crippen molar-refractivity contribution in [1.82, 2.24) is 19.1 Å². The SMILES string of the molecule is CCOC(=O)c1cn2c(n1)SCC2.O=Cc1cn2c(n1)SCC2. The van der Waals surface area contributed by atoms with Crippen molar-refractivity contribution in [3.05, 3.63) is 23.8 Å². The molecule has 0 aromatic carbocycles. The summed E-state index contributed by atoms with van der Waals surface area (Å²) < 4.78 is 8.83. The molecule has 122 valence electrons. The Morgan fingerprint density at radius 3 is 2.43 bits per heavy atom. The highest BCUT2D eigenvalue weighted by Gasteiger charge is 2.18. The van der Waals surface area contributed by atoms with Crippen LogP contribution >= 0.6 is 23.5 Å². The highest BCUT2D eigenvalue weighted by Crippen LogP contribution is 2.25. The first kappa shape index (κ1) is 16.1. The van der Waals surface area contributed by atoms with E-state index in [-0.39, 0.29) is 5.97 Å². The number of hydrogen-bond acceptors (Lipinski definition) is 7. The molecule has 0 saturated carbocycles. The molecular formula is C14H16N4O3S2. The first-order valence-electron chi connectivity index (χ1n) is 7.23. The lowest BCUT2D eigenvalue weighted by Crippen LogP contribution is -2.05. The molecule has 0 radical (unpaired) electrons. The predicted octanol–water partition coefficient (Wildman–Crippen LogP) is 1.97. The highest BCUT2D eigenvalue weighted by molar-refractivity contribution is 7.99. The maximum atomic E-state index is 11.2. The third-order valence-electron chi connectivity index (χ3n) is 3.23. The van der Waals surface area contributed by atoms with E-state index in [0.717, 1.165) is 41.2 Å². The molecule has 0 bridgehead atoms. The van der Waals surface area contributed by atoms with Crippen molar-refractivity contribution < 1.29 is 14.3 Å². The molecule has 0 saturated heterocycles. The van der Waals surface area contributed by atoms with E-state index >= 15 is 0 Å². The molecule has 0 aliphatic carbocycles. The van der Waals surface area contributed by atoms with Crippen molar-refractivity contribution in [3.63, 3.8) is 0 Å². The summed E-state index contributed by atoms with van der Waals surface area (Å²) in [6.07, 6.45) is 4.33. The molecule has 2 aromatic heterocycles. The van der Waals surface area contributed by atoms with Crippen LogP contribution in [0.4, 0.5) is 0 Å². The molecule has 9 heteroatoms. The zero-order chi connectivity index (χ0) is 16.2. The molecule has 7 nitrogen and oxygen atoms in total. The van der Waals surface area contributed by atoms with Gasteiger partial charge >= 0.3 is 5.97 Å². The number of carbonyl (C=O) groups is 2. The van der Waals surface area contributed by atoms with E-state index in [1.54, 1.807) is 42.8 Å². The fourth-order valence-corrected chi connectivity index (χ4v) is 4.09. The Hall–Kier alpha value is -1.74. The van der Waals surface area contributed by atoms with Crippen molar-refractivity contribution >= 4 is 35.8 Å². The fraction of sp³-hybridized carbons (Fsp3) is 0.429. The van der Waals surface area contributed by atoms with E-state index in [1.807, 2.05) is 9.13 Å². The van der Waals surface area contributed by atoms with Crippen molar-refractivity contribution in [1.29, 1.82) is 0 Å². The third-order valence-corrected chi connectivity index (χ3v) is 5.17. The second kappa shape index (κ2) is 7.22. The number of imidazole rings is 2. The van der Waals surface area contributed by atoms with Crippen LogP contribution in [0.3, 0.4) is 0 Å². The van der Waals surface area contributed by atoms with Gasteiger partial charge in [0.2, 0.25) is 0 Å². The van der Waals surface area contributed by atoms with Gasteiger partial charge < -0.3 is 13.9 Å². The number of esters is 1. The quantitative estimate of drug-likeness (QED) is 0.617. The van der Waals surface area contributed by atoms with Gasteiger partial charge in [-0.15, -0.1) is 0 Å². The monoisotopic (exact) mass is 352 g/mol. The number of aromatic nitrogens is 4. The van der Waals surface area contributed by atoms with Gasteiger partial charge in [-0.2, -0.15) is 0 Å². The van der Waals surface area contributed by atoms with Crippen LogP contribution in [0, 0.1) is 0 Å². The predicted molar refractivity (Wildman–Crippen MR) is 87.2 cm³/mol. The summed E-state index contributed by atoms with van der Waals surface area (Å²) in [6, 6.07) is 0. The summed E-state index contributed by atoms with van der Waals surface area (Å²) in [5.41, 5.74) is 0.964. The summed E-state index contributed by atoms with van der Waals surface area (Å²) in [7, 11) is 0. The van der Waals surface area contributed by atoms with Crippen LogP contribution in [0.2, 0.25) is 0 Å². The lowest BCUT2D eigenvalue weighted by molar-refractivity contribution is 0.0519. The molecular weight excluding hydrogens is 336 g/mol.